The van der Waals surface area contributed by atoms with E-state index in [1.54, 1.807) is 0 Å². The Kier molecular flexibility index (Phi) is 3.25. The Hall–Kier alpha value is -1.63. The van der Waals surface area contributed by atoms with Crippen LogP contribution in [0.5, 0.6) is 0 Å². The van der Waals surface area contributed by atoms with E-state index in [1.807, 2.05) is 0 Å². The molecule has 0 radical (unpaired) electrons. The second-order valence-corrected chi connectivity index (χ2v) is 2.81. The third-order valence-electron chi connectivity index (χ3n) is 1.58. The van der Waals surface area contributed by atoms with Gasteiger partial charge in [0.2, 0.25) is 0 Å². The number of carbonyl (C=O) groups is 1. The fraction of sp³-hybridized carbons (Fsp3) is 0.143. The monoisotopic (exact) mass is 236 g/mol. The minimum Gasteiger partial charge on any atom is -0.298 e. The van der Waals surface area contributed by atoms with Gasteiger partial charge in [0, 0.05) is 0 Å². The lowest BCUT2D eigenvalue weighted by molar-refractivity contribution is -0.385. The highest BCUT2D eigenvalue weighted by Gasteiger charge is 2.24. The smallest absolute Gasteiger partial charge is 0.298 e. The number of nitro groups is 1. The van der Waals surface area contributed by atoms with Gasteiger partial charge in [-0.2, -0.15) is 0 Å². The molecule has 0 bridgehead atoms. The number of halogens is 3. The summed E-state index contributed by atoms with van der Waals surface area (Å²) in [6.45, 7) is 0. The third-order valence-corrected chi connectivity index (χ3v) is 1.98. The number of aldehydes is 1. The highest BCUT2D eigenvalue weighted by Crippen LogP contribution is 2.31. The Morgan fingerprint density at radius 2 is 2.20 bits per heavy atom. The molecule has 0 aromatic carbocycles. The first-order valence-electron chi connectivity index (χ1n) is 3.55. The molecule has 0 saturated carbocycles. The SMILES string of the molecule is O=Cc1c(C(F)F)ncc([N+](=O)[O-])c1Cl. The zero-order valence-corrected chi connectivity index (χ0v) is 7.74. The van der Waals surface area contributed by atoms with Crippen molar-refractivity contribution in [1.29, 1.82) is 0 Å². The van der Waals surface area contributed by atoms with Gasteiger partial charge in [-0.1, -0.05) is 11.6 Å². The summed E-state index contributed by atoms with van der Waals surface area (Å²) in [6, 6.07) is 0. The molecule has 0 fully saturated rings. The van der Waals surface area contributed by atoms with Crippen molar-refractivity contribution in [1.82, 2.24) is 4.98 Å². The molecule has 80 valence electrons. The van der Waals surface area contributed by atoms with Crippen molar-refractivity contribution in [3.63, 3.8) is 0 Å². The van der Waals surface area contributed by atoms with Crippen LogP contribution in [-0.4, -0.2) is 16.2 Å². The van der Waals surface area contributed by atoms with Gasteiger partial charge in [0.05, 0.1) is 10.5 Å². The summed E-state index contributed by atoms with van der Waals surface area (Å²) in [6.07, 6.45) is -2.40. The topological polar surface area (TPSA) is 73.1 Å². The summed E-state index contributed by atoms with van der Waals surface area (Å²) in [5.41, 5.74) is -2.19. The molecular formula is C7H3ClF2N2O3. The molecule has 0 atom stereocenters. The standard InChI is InChI=1S/C7H3ClF2N2O3/c8-5-3(2-13)6(7(9)10)11-1-4(5)12(14)15/h1-2,7H. The van der Waals surface area contributed by atoms with Crippen LogP contribution in [0.2, 0.25) is 5.02 Å². The maximum absolute atomic E-state index is 12.3. The number of pyridine rings is 1. The lowest BCUT2D eigenvalue weighted by Crippen LogP contribution is -2.01. The summed E-state index contributed by atoms with van der Waals surface area (Å²) in [4.78, 5) is 23.0. The van der Waals surface area contributed by atoms with Gasteiger partial charge in [-0.25, -0.2) is 13.8 Å². The van der Waals surface area contributed by atoms with Gasteiger partial charge in [-0.15, -0.1) is 0 Å². The van der Waals surface area contributed by atoms with Gasteiger partial charge in [-0.3, -0.25) is 14.9 Å². The highest BCUT2D eigenvalue weighted by molar-refractivity contribution is 6.35. The van der Waals surface area contributed by atoms with Crippen molar-refractivity contribution in [3.05, 3.63) is 32.6 Å². The molecule has 0 saturated heterocycles. The predicted octanol–water partition coefficient (Wildman–Crippen LogP) is 2.39. The molecule has 1 aromatic heterocycles. The zero-order valence-electron chi connectivity index (χ0n) is 6.99. The molecule has 0 spiro atoms. The molecule has 0 aliphatic heterocycles. The molecule has 1 heterocycles. The average Bonchev–Trinajstić information content (AvgIpc) is 2.16. The number of hydrogen-bond donors (Lipinski definition) is 0. The van der Waals surface area contributed by atoms with Crippen LogP contribution < -0.4 is 0 Å². The van der Waals surface area contributed by atoms with E-state index >= 15 is 0 Å². The van der Waals surface area contributed by atoms with Crippen molar-refractivity contribution >= 4 is 23.6 Å². The number of rotatable bonds is 3. The number of hydrogen-bond acceptors (Lipinski definition) is 4. The van der Waals surface area contributed by atoms with E-state index in [4.69, 9.17) is 11.6 Å². The minimum absolute atomic E-state index is 0.0177. The summed E-state index contributed by atoms with van der Waals surface area (Å²) in [5.74, 6) is 0. The summed E-state index contributed by atoms with van der Waals surface area (Å²) >= 11 is 5.41. The summed E-state index contributed by atoms with van der Waals surface area (Å²) in [7, 11) is 0. The number of aromatic nitrogens is 1. The Bertz CT molecular complexity index is 425. The molecule has 0 N–H and O–H groups in total. The molecule has 0 aliphatic rings. The van der Waals surface area contributed by atoms with E-state index < -0.39 is 33.3 Å². The number of alkyl halides is 2. The van der Waals surface area contributed by atoms with Crippen LogP contribution in [0.3, 0.4) is 0 Å². The van der Waals surface area contributed by atoms with E-state index in [-0.39, 0.29) is 6.29 Å². The molecule has 8 heteroatoms. The lowest BCUT2D eigenvalue weighted by atomic mass is 10.2. The largest absolute Gasteiger partial charge is 0.306 e. The lowest BCUT2D eigenvalue weighted by Gasteiger charge is -2.04. The Labute approximate surface area is 86.8 Å². The minimum atomic E-state index is -3.01. The van der Waals surface area contributed by atoms with E-state index in [0.29, 0.717) is 6.20 Å². The van der Waals surface area contributed by atoms with Crippen molar-refractivity contribution in [2.45, 2.75) is 6.43 Å². The first-order valence-corrected chi connectivity index (χ1v) is 3.93. The second-order valence-electron chi connectivity index (χ2n) is 2.43. The van der Waals surface area contributed by atoms with Gasteiger partial charge in [0.25, 0.3) is 6.43 Å². The van der Waals surface area contributed by atoms with Crippen LogP contribution in [0.4, 0.5) is 14.5 Å². The van der Waals surface area contributed by atoms with Crippen LogP contribution in [0, 0.1) is 10.1 Å². The van der Waals surface area contributed by atoms with Crippen molar-refractivity contribution in [2.24, 2.45) is 0 Å². The van der Waals surface area contributed by atoms with Gasteiger partial charge in [-0.05, 0) is 0 Å². The Balaban J connectivity index is 3.45. The van der Waals surface area contributed by atoms with Crippen LogP contribution in [-0.2, 0) is 0 Å². The molecule has 0 unspecified atom stereocenters. The quantitative estimate of drug-likeness (QED) is 0.459. The van der Waals surface area contributed by atoms with Crippen molar-refractivity contribution in [3.8, 4) is 0 Å². The molecule has 0 amide bonds. The molecule has 1 aromatic rings. The van der Waals surface area contributed by atoms with E-state index in [0.717, 1.165) is 0 Å². The predicted molar refractivity (Wildman–Crippen MR) is 46.2 cm³/mol. The Morgan fingerprint density at radius 1 is 1.60 bits per heavy atom. The maximum Gasteiger partial charge on any atom is 0.306 e. The summed E-state index contributed by atoms with van der Waals surface area (Å²) in [5, 5.41) is 9.72. The van der Waals surface area contributed by atoms with Crippen LogP contribution in [0.15, 0.2) is 6.20 Å². The third kappa shape index (κ3) is 2.07. The second kappa shape index (κ2) is 4.26. The van der Waals surface area contributed by atoms with E-state index in [1.165, 1.54) is 0 Å². The molecular weight excluding hydrogens is 234 g/mol. The highest BCUT2D eigenvalue weighted by atomic mass is 35.5. The van der Waals surface area contributed by atoms with Crippen LogP contribution in [0.1, 0.15) is 22.5 Å². The van der Waals surface area contributed by atoms with E-state index in [2.05, 4.69) is 4.98 Å². The van der Waals surface area contributed by atoms with Gasteiger partial charge in [0.15, 0.2) is 6.29 Å². The van der Waals surface area contributed by atoms with Gasteiger partial charge < -0.3 is 0 Å². The Morgan fingerprint density at radius 3 is 2.60 bits per heavy atom. The van der Waals surface area contributed by atoms with E-state index in [9.17, 15) is 23.7 Å². The maximum atomic E-state index is 12.3. The van der Waals surface area contributed by atoms with Gasteiger partial charge in [0.1, 0.15) is 16.9 Å². The first kappa shape index (κ1) is 11.4. The normalized spacial score (nSPS) is 10.4. The number of nitrogens with zero attached hydrogens (tertiary/aromatic N) is 2. The van der Waals surface area contributed by atoms with Crippen LogP contribution >= 0.6 is 11.6 Å². The first-order chi connectivity index (χ1) is 6.99. The molecule has 1 rings (SSSR count). The van der Waals surface area contributed by atoms with Crippen LogP contribution in [0.25, 0.3) is 0 Å². The zero-order chi connectivity index (χ0) is 11.6. The van der Waals surface area contributed by atoms with Crippen molar-refractivity contribution < 1.29 is 18.5 Å². The fourth-order valence-electron chi connectivity index (χ4n) is 0.921. The molecule has 0 aliphatic carbocycles. The average molecular weight is 237 g/mol. The fourth-order valence-corrected chi connectivity index (χ4v) is 1.18. The molecule has 5 nitrogen and oxygen atoms in total. The van der Waals surface area contributed by atoms with Gasteiger partial charge >= 0.3 is 5.69 Å². The summed E-state index contributed by atoms with van der Waals surface area (Å²) < 4.78 is 24.6. The number of carbonyl (C=O) groups excluding carboxylic acids is 1. The van der Waals surface area contributed by atoms with Crippen molar-refractivity contribution in [2.75, 3.05) is 0 Å². The molecule has 15 heavy (non-hydrogen) atoms.